The summed E-state index contributed by atoms with van der Waals surface area (Å²) in [6.45, 7) is 4.86. The fraction of sp³-hybridized carbons (Fsp3) is 0.391. The highest BCUT2D eigenvalue weighted by Gasteiger charge is 2.21. The minimum atomic E-state index is -0.0783. The van der Waals surface area contributed by atoms with Crippen LogP contribution < -0.4 is 5.32 Å². The molecule has 3 aromatic rings. The van der Waals surface area contributed by atoms with Gasteiger partial charge in [-0.3, -0.25) is 9.69 Å². The van der Waals surface area contributed by atoms with Gasteiger partial charge in [-0.1, -0.05) is 41.6 Å². The Labute approximate surface area is 165 Å². The van der Waals surface area contributed by atoms with Crippen LogP contribution in [0.4, 0.5) is 5.69 Å². The minimum Gasteiger partial charge on any atom is -0.356 e. The average Bonchev–Trinajstić information content (AvgIpc) is 3.12. The van der Waals surface area contributed by atoms with Gasteiger partial charge in [0.05, 0.1) is 16.8 Å². The molecule has 5 heteroatoms. The average molecular weight is 377 g/mol. The van der Waals surface area contributed by atoms with Gasteiger partial charge in [0.2, 0.25) is 5.91 Å². The van der Waals surface area contributed by atoms with Crippen molar-refractivity contribution in [1.82, 2.24) is 10.1 Å². The van der Waals surface area contributed by atoms with E-state index in [2.05, 4.69) is 45.7 Å². The van der Waals surface area contributed by atoms with Crippen LogP contribution in [0.25, 0.3) is 11.0 Å². The van der Waals surface area contributed by atoms with Crippen molar-refractivity contribution in [3.05, 3.63) is 59.8 Å². The van der Waals surface area contributed by atoms with Gasteiger partial charge in [0.1, 0.15) is 0 Å². The second kappa shape index (κ2) is 8.57. The monoisotopic (exact) mass is 377 g/mol. The molecule has 0 atom stereocenters. The number of hydrogen-bond donors (Lipinski definition) is 1. The summed E-state index contributed by atoms with van der Waals surface area (Å²) in [5.74, 6) is 0.636. The highest BCUT2D eigenvalue weighted by atomic mass is 16.5. The third-order valence-corrected chi connectivity index (χ3v) is 5.63. The van der Waals surface area contributed by atoms with Crippen LogP contribution in [0.3, 0.4) is 0 Å². The molecule has 1 aliphatic rings. The smallest absolute Gasteiger partial charge is 0.221 e. The molecule has 28 heavy (non-hydrogen) atoms. The van der Waals surface area contributed by atoms with E-state index in [1.54, 1.807) is 0 Å². The fourth-order valence-corrected chi connectivity index (χ4v) is 4.13. The van der Waals surface area contributed by atoms with E-state index in [1.807, 2.05) is 18.2 Å². The van der Waals surface area contributed by atoms with E-state index in [0.717, 1.165) is 54.8 Å². The van der Waals surface area contributed by atoms with Gasteiger partial charge in [0.25, 0.3) is 0 Å². The third-order valence-electron chi connectivity index (χ3n) is 5.63. The Morgan fingerprint density at radius 2 is 1.93 bits per heavy atom. The zero-order valence-electron chi connectivity index (χ0n) is 16.4. The maximum atomic E-state index is 11.5. The number of fused-ring (bicyclic) bond motifs is 1. The molecule has 4 rings (SSSR count). The van der Waals surface area contributed by atoms with Crippen molar-refractivity contribution in [2.45, 2.75) is 39.2 Å². The molecule has 2 aromatic carbocycles. The van der Waals surface area contributed by atoms with Crippen molar-refractivity contribution in [1.29, 1.82) is 0 Å². The van der Waals surface area contributed by atoms with E-state index in [4.69, 9.17) is 4.52 Å². The molecular weight excluding hydrogens is 350 g/mol. The summed E-state index contributed by atoms with van der Waals surface area (Å²) in [5.41, 5.74) is 3.87. The molecule has 0 radical (unpaired) electrons. The van der Waals surface area contributed by atoms with Crippen LogP contribution in [0.5, 0.6) is 0 Å². The Kier molecular flexibility index (Phi) is 5.72. The van der Waals surface area contributed by atoms with E-state index in [1.165, 1.54) is 25.3 Å². The van der Waals surface area contributed by atoms with Crippen LogP contribution in [0.15, 0.2) is 53.1 Å². The number of nitrogens with one attached hydrogen (secondary N) is 1. The zero-order chi connectivity index (χ0) is 19.3. The number of carbonyl (C=O) groups is 1. The number of carbonyl (C=O) groups excluding carboxylic acids is 1. The van der Waals surface area contributed by atoms with E-state index < -0.39 is 0 Å². The fourth-order valence-electron chi connectivity index (χ4n) is 4.13. The largest absolute Gasteiger partial charge is 0.356 e. The lowest BCUT2D eigenvalue weighted by atomic mass is 9.91. The quantitative estimate of drug-likeness (QED) is 0.680. The lowest BCUT2D eigenvalue weighted by Crippen LogP contribution is -2.33. The van der Waals surface area contributed by atoms with Crippen LogP contribution in [-0.2, 0) is 17.8 Å². The molecule has 1 aromatic heterocycles. The van der Waals surface area contributed by atoms with E-state index in [0.29, 0.717) is 5.92 Å². The van der Waals surface area contributed by atoms with Crippen LogP contribution in [0.2, 0.25) is 0 Å². The second-order valence-corrected chi connectivity index (χ2v) is 7.73. The number of amides is 1. The van der Waals surface area contributed by atoms with Crippen molar-refractivity contribution in [2.24, 2.45) is 5.92 Å². The number of benzene rings is 2. The Bertz CT molecular complexity index is 927. The SMILES string of the molecule is CC(=O)Nc1cccc2onc(CCC3CCN(Cc4ccccc4)CC3)c12. The molecule has 0 saturated carbocycles. The number of likely N-dealkylation sites (tertiary alicyclic amines) is 1. The number of piperidine rings is 1. The van der Waals surface area contributed by atoms with E-state index in [-0.39, 0.29) is 5.91 Å². The van der Waals surface area contributed by atoms with E-state index >= 15 is 0 Å². The van der Waals surface area contributed by atoms with Crippen molar-refractivity contribution in [3.8, 4) is 0 Å². The number of aryl methyl sites for hydroxylation is 1. The molecule has 5 nitrogen and oxygen atoms in total. The van der Waals surface area contributed by atoms with Gasteiger partial charge in [-0.15, -0.1) is 0 Å². The summed E-state index contributed by atoms with van der Waals surface area (Å²) in [7, 11) is 0. The number of aromatic nitrogens is 1. The van der Waals surface area contributed by atoms with Gasteiger partial charge in [0, 0.05) is 13.5 Å². The molecule has 0 aliphatic carbocycles. The summed E-state index contributed by atoms with van der Waals surface area (Å²) in [6, 6.07) is 16.4. The van der Waals surface area contributed by atoms with E-state index in [9.17, 15) is 4.79 Å². The standard InChI is InChI=1S/C23H27N3O2/c1-17(27)24-20-8-5-9-22-23(20)21(25-28-22)11-10-18-12-14-26(15-13-18)16-19-6-3-2-4-7-19/h2-9,18H,10-16H2,1H3,(H,24,27). The summed E-state index contributed by atoms with van der Waals surface area (Å²) >= 11 is 0. The summed E-state index contributed by atoms with van der Waals surface area (Å²) < 4.78 is 5.49. The van der Waals surface area contributed by atoms with Gasteiger partial charge in [0.15, 0.2) is 5.58 Å². The van der Waals surface area contributed by atoms with Crippen molar-refractivity contribution in [3.63, 3.8) is 0 Å². The first kappa shape index (κ1) is 18.7. The Hall–Kier alpha value is -2.66. The van der Waals surface area contributed by atoms with Crippen LogP contribution in [0.1, 0.15) is 37.4 Å². The van der Waals surface area contributed by atoms with Crippen LogP contribution >= 0.6 is 0 Å². The molecule has 1 N–H and O–H groups in total. The summed E-state index contributed by atoms with van der Waals surface area (Å²) in [5, 5.41) is 8.12. The van der Waals surface area contributed by atoms with Crippen LogP contribution in [0, 0.1) is 5.92 Å². The zero-order valence-corrected chi connectivity index (χ0v) is 16.4. The number of anilines is 1. The van der Waals surface area contributed by atoms with Gasteiger partial charge >= 0.3 is 0 Å². The lowest BCUT2D eigenvalue weighted by Gasteiger charge is -2.32. The van der Waals surface area contributed by atoms with Crippen molar-refractivity contribution >= 4 is 22.6 Å². The molecule has 1 saturated heterocycles. The molecule has 1 aliphatic heterocycles. The summed E-state index contributed by atoms with van der Waals surface area (Å²) in [6.07, 6.45) is 4.44. The second-order valence-electron chi connectivity index (χ2n) is 7.73. The predicted octanol–water partition coefficient (Wildman–Crippen LogP) is 4.63. The lowest BCUT2D eigenvalue weighted by molar-refractivity contribution is -0.114. The molecule has 146 valence electrons. The molecule has 0 unspecified atom stereocenters. The van der Waals surface area contributed by atoms with Gasteiger partial charge in [-0.2, -0.15) is 0 Å². The normalized spacial score (nSPS) is 15.8. The molecule has 0 spiro atoms. The maximum Gasteiger partial charge on any atom is 0.221 e. The highest BCUT2D eigenvalue weighted by Crippen LogP contribution is 2.30. The van der Waals surface area contributed by atoms with Crippen molar-refractivity contribution < 1.29 is 9.32 Å². The topological polar surface area (TPSA) is 58.4 Å². The first-order valence-corrected chi connectivity index (χ1v) is 10.1. The minimum absolute atomic E-state index is 0.0783. The van der Waals surface area contributed by atoms with Crippen molar-refractivity contribution in [2.75, 3.05) is 18.4 Å². The summed E-state index contributed by atoms with van der Waals surface area (Å²) in [4.78, 5) is 14.0. The van der Waals surface area contributed by atoms with Gasteiger partial charge in [-0.05, 0) is 62.4 Å². The third kappa shape index (κ3) is 4.42. The first-order chi connectivity index (χ1) is 13.7. The molecular formula is C23H27N3O2. The van der Waals surface area contributed by atoms with Gasteiger partial charge in [-0.25, -0.2) is 0 Å². The molecule has 2 heterocycles. The highest BCUT2D eigenvalue weighted by molar-refractivity contribution is 6.00. The van der Waals surface area contributed by atoms with Crippen LogP contribution in [-0.4, -0.2) is 29.1 Å². The number of nitrogens with zero attached hydrogens (tertiary/aromatic N) is 2. The Morgan fingerprint density at radius 1 is 1.14 bits per heavy atom. The molecule has 1 fully saturated rings. The Morgan fingerprint density at radius 3 is 2.68 bits per heavy atom. The molecule has 1 amide bonds. The maximum absolute atomic E-state index is 11.5. The Balaban J connectivity index is 1.34. The number of hydrogen-bond acceptors (Lipinski definition) is 4. The molecule has 0 bridgehead atoms. The first-order valence-electron chi connectivity index (χ1n) is 10.1. The number of rotatable bonds is 6. The van der Waals surface area contributed by atoms with Gasteiger partial charge < -0.3 is 9.84 Å². The predicted molar refractivity (Wildman–Crippen MR) is 111 cm³/mol.